The summed E-state index contributed by atoms with van der Waals surface area (Å²) in [5, 5.41) is 17.4. The third-order valence-electron chi connectivity index (χ3n) is 7.69. The van der Waals surface area contributed by atoms with Gasteiger partial charge < -0.3 is 26.4 Å². The van der Waals surface area contributed by atoms with Crippen LogP contribution in [-0.4, -0.2) is 60.1 Å². The zero-order valence-electron chi connectivity index (χ0n) is 26.8. The number of hydrogen-bond donors (Lipinski definition) is 4. The Morgan fingerprint density at radius 3 is 2.18 bits per heavy atom. The van der Waals surface area contributed by atoms with E-state index in [9.17, 15) is 23.5 Å². The molecule has 0 heterocycles. The van der Waals surface area contributed by atoms with Crippen LogP contribution in [0, 0.1) is 11.6 Å². The molecule has 0 aromatic heterocycles. The summed E-state index contributed by atoms with van der Waals surface area (Å²) in [6.07, 6.45) is 2.72. The zero-order chi connectivity index (χ0) is 32.8. The van der Waals surface area contributed by atoms with Gasteiger partial charge in [0.2, 0.25) is 0 Å². The minimum Gasteiger partial charge on any atom is -0.390 e. The first-order valence-corrected chi connectivity index (χ1v) is 16.0. The maximum Gasteiger partial charge on any atom is 0.253 e. The van der Waals surface area contributed by atoms with Crippen molar-refractivity contribution >= 4 is 11.8 Å². The van der Waals surface area contributed by atoms with Crippen molar-refractivity contribution in [2.24, 2.45) is 5.73 Å². The molecule has 0 aliphatic rings. The van der Waals surface area contributed by atoms with Crippen molar-refractivity contribution in [2.75, 3.05) is 26.2 Å². The van der Waals surface area contributed by atoms with Crippen molar-refractivity contribution in [1.29, 1.82) is 0 Å². The van der Waals surface area contributed by atoms with E-state index in [1.165, 1.54) is 17.7 Å². The van der Waals surface area contributed by atoms with Gasteiger partial charge in [0.05, 0.1) is 12.1 Å². The summed E-state index contributed by atoms with van der Waals surface area (Å²) in [7, 11) is 0. The number of hydrogen-bond acceptors (Lipinski definition) is 5. The molecule has 0 fully saturated rings. The van der Waals surface area contributed by atoms with Crippen LogP contribution in [0.2, 0.25) is 0 Å². The normalized spacial score (nSPS) is 12.5. The molecule has 3 aromatic rings. The number of rotatable bonds is 18. The predicted octanol–water partition coefficient (Wildman–Crippen LogP) is 5.17. The Morgan fingerprint density at radius 2 is 1.53 bits per heavy atom. The van der Waals surface area contributed by atoms with E-state index in [2.05, 4.69) is 29.7 Å². The third-order valence-corrected chi connectivity index (χ3v) is 7.69. The van der Waals surface area contributed by atoms with Crippen LogP contribution in [0.15, 0.2) is 60.7 Å². The van der Waals surface area contributed by atoms with E-state index < -0.39 is 29.7 Å². The number of halogens is 2. The quantitative estimate of drug-likeness (QED) is 0.157. The van der Waals surface area contributed by atoms with Crippen LogP contribution in [0.25, 0.3) is 0 Å². The van der Waals surface area contributed by atoms with Crippen LogP contribution >= 0.6 is 0 Å². The van der Waals surface area contributed by atoms with Gasteiger partial charge in [0, 0.05) is 43.4 Å². The lowest BCUT2D eigenvalue weighted by molar-refractivity contribution is 0.0755. The summed E-state index contributed by atoms with van der Waals surface area (Å²) in [6.45, 7) is 8.41. The number of nitrogens with two attached hydrogens (primary N) is 1. The van der Waals surface area contributed by atoms with Gasteiger partial charge in [-0.1, -0.05) is 45.0 Å². The molecule has 0 radical (unpaired) electrons. The largest absolute Gasteiger partial charge is 0.390 e. The Labute approximate surface area is 266 Å². The Kier molecular flexibility index (Phi) is 14.6. The summed E-state index contributed by atoms with van der Waals surface area (Å²) in [5.41, 5.74) is 9.80. The highest BCUT2D eigenvalue weighted by Crippen LogP contribution is 2.17. The molecule has 45 heavy (non-hydrogen) atoms. The fourth-order valence-electron chi connectivity index (χ4n) is 5.42. The molecular formula is C36H48F2N4O3. The standard InChI is InChI=1S/C36H48F2N4O3/c1-4-13-42(14-5-2)36(45)30-17-26(11-8-12-39)16-29(21-30)35(44)41-33(20-28-18-31(37)22-32(38)19-28)34(43)24-40-23-27-10-7-9-25(6-3)15-27/h7,9-10,15-19,21-22,33-34,40,43H,4-6,8,11-14,20,23-24,39H2,1-3H3,(H,41,44). The minimum atomic E-state index is -1.08. The highest BCUT2D eigenvalue weighted by molar-refractivity contribution is 6.00. The summed E-state index contributed by atoms with van der Waals surface area (Å²) in [4.78, 5) is 29.0. The number of amides is 2. The summed E-state index contributed by atoms with van der Waals surface area (Å²) >= 11 is 0. The maximum atomic E-state index is 14.1. The molecule has 5 N–H and O–H groups in total. The van der Waals surface area contributed by atoms with Crippen LogP contribution in [0.1, 0.15) is 83.0 Å². The number of aryl methyl sites for hydroxylation is 2. The number of benzene rings is 3. The fourth-order valence-corrected chi connectivity index (χ4v) is 5.42. The van der Waals surface area contributed by atoms with E-state index in [1.807, 2.05) is 32.0 Å². The molecule has 0 saturated heterocycles. The lowest BCUT2D eigenvalue weighted by Gasteiger charge is -2.26. The lowest BCUT2D eigenvalue weighted by atomic mass is 9.98. The highest BCUT2D eigenvalue weighted by Gasteiger charge is 2.24. The summed E-state index contributed by atoms with van der Waals surface area (Å²) in [5.74, 6) is -2.12. The molecule has 0 saturated carbocycles. The number of nitrogens with zero attached hydrogens (tertiary/aromatic N) is 1. The van der Waals surface area contributed by atoms with Crippen molar-refractivity contribution in [2.45, 2.75) is 78.0 Å². The van der Waals surface area contributed by atoms with Gasteiger partial charge in [-0.2, -0.15) is 0 Å². The SMILES string of the molecule is CCCN(CCC)C(=O)c1cc(CCCN)cc(C(=O)NC(Cc2cc(F)cc(F)c2)C(O)CNCc2cccc(CC)c2)c1. The highest BCUT2D eigenvalue weighted by atomic mass is 19.1. The van der Waals surface area contributed by atoms with Crippen molar-refractivity contribution in [3.05, 3.63) is 106 Å². The van der Waals surface area contributed by atoms with Gasteiger partial charge in [0.25, 0.3) is 11.8 Å². The molecule has 2 unspecified atom stereocenters. The van der Waals surface area contributed by atoms with Gasteiger partial charge in [-0.15, -0.1) is 0 Å². The van der Waals surface area contributed by atoms with Gasteiger partial charge in [-0.05, 0) is 97.7 Å². The lowest BCUT2D eigenvalue weighted by Crippen LogP contribution is -2.48. The van der Waals surface area contributed by atoms with Crippen molar-refractivity contribution in [1.82, 2.24) is 15.5 Å². The molecular weight excluding hydrogens is 574 g/mol. The average Bonchev–Trinajstić information content (AvgIpc) is 3.02. The minimum absolute atomic E-state index is 0.00594. The molecule has 2 amide bonds. The second-order valence-electron chi connectivity index (χ2n) is 11.5. The molecule has 9 heteroatoms. The second kappa shape index (κ2) is 18.3. The van der Waals surface area contributed by atoms with E-state index in [1.54, 1.807) is 17.0 Å². The Balaban J connectivity index is 1.87. The zero-order valence-corrected chi connectivity index (χ0v) is 26.8. The molecule has 0 bridgehead atoms. The summed E-state index contributed by atoms with van der Waals surface area (Å²) in [6, 6.07) is 15.5. The number of aliphatic hydroxyl groups excluding tert-OH is 1. The first kappa shape index (κ1) is 35.8. The number of aliphatic hydroxyl groups is 1. The van der Waals surface area contributed by atoms with E-state index in [-0.39, 0.29) is 24.4 Å². The predicted molar refractivity (Wildman–Crippen MR) is 175 cm³/mol. The Bertz CT molecular complexity index is 1370. The Morgan fingerprint density at radius 1 is 0.867 bits per heavy atom. The number of carbonyl (C=O) groups is 2. The van der Waals surface area contributed by atoms with Crippen LogP contribution in [0.3, 0.4) is 0 Å². The van der Waals surface area contributed by atoms with Crippen LogP contribution in [0.4, 0.5) is 8.78 Å². The molecule has 7 nitrogen and oxygen atoms in total. The number of nitrogens with one attached hydrogen (secondary N) is 2. The van der Waals surface area contributed by atoms with Crippen LogP contribution in [-0.2, 0) is 25.8 Å². The van der Waals surface area contributed by atoms with Crippen molar-refractivity contribution in [3.63, 3.8) is 0 Å². The molecule has 0 aliphatic heterocycles. The maximum absolute atomic E-state index is 14.1. The van der Waals surface area contributed by atoms with E-state index >= 15 is 0 Å². The molecule has 0 aliphatic carbocycles. The molecule has 0 spiro atoms. The van der Waals surface area contributed by atoms with Crippen LogP contribution < -0.4 is 16.4 Å². The monoisotopic (exact) mass is 622 g/mol. The smallest absolute Gasteiger partial charge is 0.253 e. The van der Waals surface area contributed by atoms with E-state index in [0.29, 0.717) is 50.1 Å². The van der Waals surface area contributed by atoms with E-state index in [4.69, 9.17) is 5.73 Å². The molecule has 244 valence electrons. The topological polar surface area (TPSA) is 108 Å². The Hall–Kier alpha value is -3.66. The van der Waals surface area contributed by atoms with Gasteiger partial charge in [-0.3, -0.25) is 9.59 Å². The van der Waals surface area contributed by atoms with Gasteiger partial charge in [-0.25, -0.2) is 8.78 Å². The van der Waals surface area contributed by atoms with Gasteiger partial charge >= 0.3 is 0 Å². The number of carbonyl (C=O) groups excluding carboxylic acids is 2. The fraction of sp³-hybridized carbons (Fsp3) is 0.444. The first-order chi connectivity index (χ1) is 21.7. The van der Waals surface area contributed by atoms with E-state index in [0.717, 1.165) is 36.5 Å². The average molecular weight is 623 g/mol. The van der Waals surface area contributed by atoms with Gasteiger partial charge in [0.1, 0.15) is 11.6 Å². The molecule has 3 aromatic carbocycles. The molecule has 3 rings (SSSR count). The third kappa shape index (κ3) is 11.3. The second-order valence-corrected chi connectivity index (χ2v) is 11.5. The van der Waals surface area contributed by atoms with Crippen molar-refractivity contribution in [3.8, 4) is 0 Å². The first-order valence-electron chi connectivity index (χ1n) is 16.0. The summed E-state index contributed by atoms with van der Waals surface area (Å²) < 4.78 is 28.1. The van der Waals surface area contributed by atoms with Crippen LogP contribution in [0.5, 0.6) is 0 Å². The van der Waals surface area contributed by atoms with Gasteiger partial charge in [0.15, 0.2) is 0 Å². The van der Waals surface area contributed by atoms with Crippen molar-refractivity contribution < 1.29 is 23.5 Å². The molecule has 2 atom stereocenters.